The number of hydrogen-bond acceptors (Lipinski definition) is 5. The Morgan fingerprint density at radius 3 is 2.57 bits per heavy atom. The van der Waals surface area contributed by atoms with Crippen LogP contribution < -0.4 is 5.32 Å². The number of rotatable bonds is 5. The van der Waals surface area contributed by atoms with Crippen LogP contribution in [0.2, 0.25) is 0 Å². The largest absolute Gasteiger partial charge is 0.309 e. The minimum atomic E-state index is -3.33. The molecule has 2 fully saturated rings. The Morgan fingerprint density at radius 1 is 1.29 bits per heavy atom. The van der Waals surface area contributed by atoms with Gasteiger partial charge in [-0.25, -0.2) is 8.42 Å². The first-order valence-corrected chi connectivity index (χ1v) is 9.74. The summed E-state index contributed by atoms with van der Waals surface area (Å²) >= 11 is 1.60. The quantitative estimate of drug-likeness (QED) is 0.883. The number of sulfonamides is 1. The number of thiophene rings is 1. The van der Waals surface area contributed by atoms with Crippen LogP contribution in [-0.2, 0) is 16.6 Å². The van der Waals surface area contributed by atoms with Crippen molar-refractivity contribution in [1.29, 1.82) is 0 Å². The highest BCUT2D eigenvalue weighted by Gasteiger charge is 2.30. The lowest BCUT2D eigenvalue weighted by Gasteiger charge is -2.31. The maximum Gasteiger partial charge on any atom is 0.244 e. The molecule has 0 aromatic carbocycles. The first kappa shape index (κ1) is 15.4. The minimum absolute atomic E-state index is 0.504. The molecular weight excluding hydrogens is 306 g/mol. The Hall–Kier alpha value is -0.470. The monoisotopic (exact) mass is 329 g/mol. The van der Waals surface area contributed by atoms with Gasteiger partial charge < -0.3 is 10.2 Å². The van der Waals surface area contributed by atoms with E-state index in [2.05, 4.69) is 10.2 Å². The van der Waals surface area contributed by atoms with Crippen LogP contribution >= 0.6 is 11.3 Å². The topological polar surface area (TPSA) is 52.7 Å². The van der Waals surface area contributed by atoms with Gasteiger partial charge >= 0.3 is 0 Å². The van der Waals surface area contributed by atoms with Gasteiger partial charge in [-0.05, 0) is 32.9 Å². The highest BCUT2D eigenvalue weighted by molar-refractivity contribution is 7.89. The predicted molar refractivity (Wildman–Crippen MR) is 85.2 cm³/mol. The molecule has 1 saturated heterocycles. The van der Waals surface area contributed by atoms with Crippen LogP contribution in [0.25, 0.3) is 0 Å². The maximum absolute atomic E-state index is 12.8. The van der Waals surface area contributed by atoms with Crippen molar-refractivity contribution in [3.8, 4) is 0 Å². The normalized spacial score (nSPS) is 21.8. The number of nitrogens with zero attached hydrogens (tertiary/aromatic N) is 2. The van der Waals surface area contributed by atoms with E-state index in [0.717, 1.165) is 29.4 Å². The van der Waals surface area contributed by atoms with Crippen LogP contribution in [0, 0.1) is 6.92 Å². The van der Waals surface area contributed by atoms with E-state index in [-0.39, 0.29) is 0 Å². The molecule has 0 unspecified atom stereocenters. The molecule has 2 heterocycles. The van der Waals surface area contributed by atoms with E-state index in [4.69, 9.17) is 0 Å². The van der Waals surface area contributed by atoms with Crippen molar-refractivity contribution in [2.75, 3.05) is 33.2 Å². The molecule has 0 atom stereocenters. The van der Waals surface area contributed by atoms with Gasteiger partial charge in [0.15, 0.2) is 0 Å². The molecule has 2 aliphatic rings. The van der Waals surface area contributed by atoms with Crippen molar-refractivity contribution >= 4 is 21.4 Å². The van der Waals surface area contributed by atoms with Crippen LogP contribution in [-0.4, -0.2) is 56.9 Å². The zero-order valence-electron chi connectivity index (χ0n) is 12.6. The van der Waals surface area contributed by atoms with Crippen molar-refractivity contribution in [3.05, 3.63) is 15.8 Å². The Labute approximate surface area is 131 Å². The number of likely N-dealkylation sites (N-methyl/N-ethyl adjacent to an activating group) is 1. The SMILES string of the molecule is Cc1sc(CNC2CC2)cc1S(=O)(=O)N1CCN(C)CC1. The second-order valence-electron chi connectivity index (χ2n) is 6.00. The summed E-state index contributed by atoms with van der Waals surface area (Å²) in [6.45, 7) is 5.48. The fourth-order valence-electron chi connectivity index (χ4n) is 2.57. The molecule has 21 heavy (non-hydrogen) atoms. The molecule has 1 N–H and O–H groups in total. The minimum Gasteiger partial charge on any atom is -0.309 e. The summed E-state index contributed by atoms with van der Waals surface area (Å²) in [4.78, 5) is 4.69. The second kappa shape index (κ2) is 5.96. The molecule has 1 aromatic rings. The molecule has 3 rings (SSSR count). The van der Waals surface area contributed by atoms with Crippen molar-refractivity contribution in [1.82, 2.24) is 14.5 Å². The van der Waals surface area contributed by atoms with E-state index in [1.165, 1.54) is 12.8 Å². The van der Waals surface area contributed by atoms with Crippen LogP contribution in [0.15, 0.2) is 11.0 Å². The molecule has 0 radical (unpaired) electrons. The Bertz CT molecular complexity index is 600. The standard InChI is InChI=1S/C14H23N3O2S2/c1-11-14(9-13(20-11)10-15-12-3-4-12)21(18,19)17-7-5-16(2)6-8-17/h9,12,15H,3-8,10H2,1-2H3. The molecule has 1 aliphatic carbocycles. The molecule has 0 bridgehead atoms. The van der Waals surface area contributed by atoms with E-state index in [9.17, 15) is 8.42 Å². The Morgan fingerprint density at radius 2 is 1.95 bits per heavy atom. The summed E-state index contributed by atoms with van der Waals surface area (Å²) in [6.07, 6.45) is 2.49. The predicted octanol–water partition coefficient (Wildman–Crippen LogP) is 1.24. The molecule has 0 spiro atoms. The van der Waals surface area contributed by atoms with Crippen molar-refractivity contribution in [2.24, 2.45) is 0 Å². The number of nitrogens with one attached hydrogen (secondary N) is 1. The maximum atomic E-state index is 12.8. The summed E-state index contributed by atoms with van der Waals surface area (Å²) in [5, 5.41) is 3.45. The van der Waals surface area contributed by atoms with Crippen molar-refractivity contribution in [2.45, 2.75) is 37.2 Å². The Balaban J connectivity index is 1.74. The third kappa shape index (κ3) is 3.48. The van der Waals surface area contributed by atoms with E-state index < -0.39 is 10.0 Å². The average Bonchev–Trinajstić information content (AvgIpc) is 3.19. The lowest BCUT2D eigenvalue weighted by Crippen LogP contribution is -2.47. The van der Waals surface area contributed by atoms with E-state index >= 15 is 0 Å². The number of piperazine rings is 1. The Kier molecular flexibility index (Phi) is 4.38. The summed E-state index contributed by atoms with van der Waals surface area (Å²) in [6, 6.07) is 2.51. The molecule has 1 aliphatic heterocycles. The second-order valence-corrected chi connectivity index (χ2v) is 9.24. The van der Waals surface area contributed by atoms with E-state index in [0.29, 0.717) is 24.0 Å². The zero-order chi connectivity index (χ0) is 15.0. The molecule has 5 nitrogen and oxygen atoms in total. The van der Waals surface area contributed by atoms with Crippen LogP contribution in [0.1, 0.15) is 22.6 Å². The van der Waals surface area contributed by atoms with E-state index in [1.807, 2.05) is 20.0 Å². The van der Waals surface area contributed by atoms with Gasteiger partial charge in [0.05, 0.1) is 4.90 Å². The summed E-state index contributed by atoms with van der Waals surface area (Å²) < 4.78 is 27.2. The first-order chi connectivity index (χ1) is 9.96. The molecular formula is C14H23N3O2S2. The molecule has 118 valence electrons. The summed E-state index contributed by atoms with van der Waals surface area (Å²) in [7, 11) is -1.30. The van der Waals surface area contributed by atoms with E-state index in [1.54, 1.807) is 15.6 Å². The third-order valence-corrected chi connectivity index (χ3v) is 7.35. The van der Waals surface area contributed by atoms with Crippen molar-refractivity contribution in [3.63, 3.8) is 0 Å². The van der Waals surface area contributed by atoms with Crippen LogP contribution in [0.3, 0.4) is 0 Å². The molecule has 0 amide bonds. The molecule has 1 aromatic heterocycles. The summed E-state index contributed by atoms with van der Waals surface area (Å²) in [5.41, 5.74) is 0. The first-order valence-electron chi connectivity index (χ1n) is 7.48. The van der Waals surface area contributed by atoms with Crippen LogP contribution in [0.4, 0.5) is 0 Å². The third-order valence-electron chi connectivity index (χ3n) is 4.15. The zero-order valence-corrected chi connectivity index (χ0v) is 14.3. The van der Waals surface area contributed by atoms with Gasteiger partial charge in [0.1, 0.15) is 0 Å². The molecule has 7 heteroatoms. The van der Waals surface area contributed by atoms with Gasteiger partial charge in [-0.3, -0.25) is 0 Å². The lowest BCUT2D eigenvalue weighted by molar-refractivity contribution is 0.222. The fraction of sp³-hybridized carbons (Fsp3) is 0.714. The van der Waals surface area contributed by atoms with Gasteiger partial charge in [0.2, 0.25) is 10.0 Å². The summed E-state index contributed by atoms with van der Waals surface area (Å²) in [5.74, 6) is 0. The van der Waals surface area contributed by atoms with Crippen molar-refractivity contribution < 1.29 is 8.42 Å². The fourth-order valence-corrected chi connectivity index (χ4v) is 5.54. The van der Waals surface area contributed by atoms with Gasteiger partial charge in [-0.15, -0.1) is 11.3 Å². The number of aryl methyl sites for hydroxylation is 1. The van der Waals surface area contributed by atoms with Gasteiger partial charge in [0, 0.05) is 48.5 Å². The smallest absolute Gasteiger partial charge is 0.244 e. The lowest BCUT2D eigenvalue weighted by atomic mass is 10.4. The van der Waals surface area contributed by atoms with Gasteiger partial charge in [-0.2, -0.15) is 4.31 Å². The number of hydrogen-bond donors (Lipinski definition) is 1. The molecule has 1 saturated carbocycles. The average molecular weight is 329 g/mol. The highest BCUT2D eigenvalue weighted by Crippen LogP contribution is 2.29. The van der Waals surface area contributed by atoms with Crippen LogP contribution in [0.5, 0.6) is 0 Å². The van der Waals surface area contributed by atoms with Gasteiger partial charge in [0.25, 0.3) is 0 Å². The van der Waals surface area contributed by atoms with Gasteiger partial charge in [-0.1, -0.05) is 0 Å². The highest BCUT2D eigenvalue weighted by atomic mass is 32.2.